The second kappa shape index (κ2) is 10.7. The molecule has 1 atom stereocenters. The largest absolute Gasteiger partial charge is 0.573 e. The Morgan fingerprint density at radius 3 is 2.57 bits per heavy atom. The van der Waals surface area contributed by atoms with Gasteiger partial charge in [0.1, 0.15) is 5.76 Å². The van der Waals surface area contributed by atoms with Crippen LogP contribution in [0.5, 0.6) is 0 Å². The van der Waals surface area contributed by atoms with Gasteiger partial charge < -0.3 is 15.0 Å². The fourth-order valence-electron chi connectivity index (χ4n) is 3.98. The molecule has 0 fully saturated rings. The van der Waals surface area contributed by atoms with Crippen molar-refractivity contribution in [2.45, 2.75) is 62.1 Å². The fraction of sp³-hybridized carbons (Fsp3) is 0.417. The van der Waals surface area contributed by atoms with Crippen molar-refractivity contribution in [2.24, 2.45) is 5.18 Å². The lowest BCUT2D eigenvalue weighted by molar-refractivity contribution is -0.303. The van der Waals surface area contributed by atoms with E-state index in [1.807, 2.05) is 25.1 Å². The van der Waals surface area contributed by atoms with Crippen molar-refractivity contribution < 1.29 is 27.5 Å². The second-order valence-corrected chi connectivity index (χ2v) is 10.3. The molecule has 3 amide bonds. The van der Waals surface area contributed by atoms with Gasteiger partial charge in [-0.2, -0.15) is 0 Å². The lowest BCUT2D eigenvalue weighted by Crippen LogP contribution is -2.46. The van der Waals surface area contributed by atoms with Crippen LogP contribution < -0.4 is 5.32 Å². The third-order valence-corrected chi connectivity index (χ3v) is 6.85. The minimum atomic E-state index is -4.79. The normalized spacial score (nSPS) is 17.6. The van der Waals surface area contributed by atoms with E-state index in [-0.39, 0.29) is 24.3 Å². The number of fused-ring (bicyclic) bond motifs is 1. The van der Waals surface area contributed by atoms with E-state index in [1.54, 1.807) is 18.7 Å². The molecule has 0 bridgehead atoms. The van der Waals surface area contributed by atoms with Crippen molar-refractivity contribution in [3.63, 3.8) is 0 Å². The van der Waals surface area contributed by atoms with E-state index in [9.17, 15) is 27.7 Å². The number of amides is 3. The number of carbonyl (C=O) groups excluding carboxylic acids is 2. The highest BCUT2D eigenvalue weighted by molar-refractivity contribution is 8.01. The summed E-state index contributed by atoms with van der Waals surface area (Å²) in [7, 11) is 0. The molecule has 1 unspecified atom stereocenters. The first-order chi connectivity index (χ1) is 16.4. The molecule has 0 aromatic heterocycles. The van der Waals surface area contributed by atoms with Crippen molar-refractivity contribution in [2.75, 3.05) is 6.54 Å². The first-order valence-corrected chi connectivity index (χ1v) is 11.8. The molecule has 2 aliphatic rings. The number of carbonyl (C=O) groups is 2. The van der Waals surface area contributed by atoms with Gasteiger partial charge in [0.05, 0.1) is 4.75 Å². The van der Waals surface area contributed by atoms with Crippen molar-refractivity contribution in [3.8, 4) is 0 Å². The third-order valence-electron chi connectivity index (χ3n) is 5.67. The number of hydrogen-bond donors (Lipinski definition) is 1. The number of allylic oxidation sites excluding steroid dienone is 4. The van der Waals surface area contributed by atoms with Gasteiger partial charge >= 0.3 is 18.3 Å². The van der Waals surface area contributed by atoms with E-state index in [2.05, 4.69) is 15.2 Å². The third kappa shape index (κ3) is 6.97. The smallest absolute Gasteiger partial charge is 0.406 e. The van der Waals surface area contributed by atoms with E-state index in [1.165, 1.54) is 36.1 Å². The highest BCUT2D eigenvalue weighted by atomic mass is 32.2. The number of nitroso groups, excluding NO2 is 1. The van der Waals surface area contributed by atoms with Crippen LogP contribution in [0.15, 0.2) is 64.0 Å². The Hall–Kier alpha value is -3.08. The number of halogens is 3. The van der Waals surface area contributed by atoms with Crippen molar-refractivity contribution in [1.29, 1.82) is 0 Å². The zero-order valence-corrected chi connectivity index (χ0v) is 20.3. The Labute approximate surface area is 205 Å². The first kappa shape index (κ1) is 26.5. The minimum absolute atomic E-state index is 0.0943. The molecule has 0 saturated carbocycles. The molecular formula is C24H26F3N3O4S. The number of hydrogen-bond acceptors (Lipinski definition) is 5. The molecule has 1 aromatic carbocycles. The molecule has 35 heavy (non-hydrogen) atoms. The molecule has 0 spiro atoms. The molecule has 7 nitrogen and oxygen atoms in total. The predicted octanol–water partition coefficient (Wildman–Crippen LogP) is 5.61. The molecule has 188 valence electrons. The molecule has 1 N–H and O–H groups in total. The summed E-state index contributed by atoms with van der Waals surface area (Å²) in [5, 5.41) is 5.33. The molecule has 3 rings (SSSR count). The zero-order chi connectivity index (χ0) is 25.8. The summed E-state index contributed by atoms with van der Waals surface area (Å²) in [4.78, 5) is 38.0. The van der Waals surface area contributed by atoms with Gasteiger partial charge in [-0.3, -0.25) is 4.79 Å². The molecule has 0 aliphatic heterocycles. The topological polar surface area (TPSA) is 88.1 Å². The molecule has 0 radical (unpaired) electrons. The molecular weight excluding hydrogens is 483 g/mol. The minimum Gasteiger partial charge on any atom is -0.406 e. The maximum atomic E-state index is 13.0. The first-order valence-electron chi connectivity index (χ1n) is 11.0. The summed E-state index contributed by atoms with van der Waals surface area (Å²) in [5.74, 6) is -1.09. The van der Waals surface area contributed by atoms with Gasteiger partial charge in [0.15, 0.2) is 0 Å². The maximum Gasteiger partial charge on any atom is 0.573 e. The number of ether oxygens (including phenoxy) is 1. The van der Waals surface area contributed by atoms with Gasteiger partial charge in [-0.05, 0) is 75.1 Å². The Kier molecular flexibility index (Phi) is 8.09. The fourth-order valence-corrected chi connectivity index (χ4v) is 5.03. The predicted molar refractivity (Wildman–Crippen MR) is 126 cm³/mol. The number of nitrogens with one attached hydrogen (secondary N) is 1. The van der Waals surface area contributed by atoms with E-state index in [0.29, 0.717) is 25.1 Å². The Balaban J connectivity index is 1.66. The number of alkyl halides is 3. The maximum absolute atomic E-state index is 13.0. The average molecular weight is 510 g/mol. The van der Waals surface area contributed by atoms with E-state index >= 15 is 0 Å². The van der Waals surface area contributed by atoms with E-state index < -0.39 is 17.0 Å². The van der Waals surface area contributed by atoms with Gasteiger partial charge in [-0.1, -0.05) is 12.1 Å². The van der Waals surface area contributed by atoms with Gasteiger partial charge in [0.2, 0.25) is 0 Å². The number of nitrogens with zero attached hydrogens (tertiary/aromatic N) is 2. The summed E-state index contributed by atoms with van der Waals surface area (Å²) < 4.78 is 40.3. The molecule has 1 aromatic rings. The molecule has 2 aliphatic carbocycles. The van der Waals surface area contributed by atoms with Crippen LogP contribution in [0.25, 0.3) is 0 Å². The van der Waals surface area contributed by atoms with Crippen LogP contribution in [0, 0.1) is 4.91 Å². The standard InChI is InChI=1S/C24H26F3N3O4S/c1-4-30(22(32)28-17-6-5-7-19(10-9-17)34-24(25,26)27)18-12-15-8-11-20(14-16(15)13-18)35-23(2,3)21(31)29-33/h5,7-11,14,18H,4,6,12-13H2,1-3H3,(H,28,32). The Bertz CT molecular complexity index is 1100. The van der Waals surface area contributed by atoms with Crippen LogP contribution in [-0.4, -0.2) is 40.5 Å². The van der Waals surface area contributed by atoms with Crippen LogP contribution in [0.4, 0.5) is 18.0 Å². The monoisotopic (exact) mass is 509 g/mol. The lowest BCUT2D eigenvalue weighted by Gasteiger charge is -2.28. The second-order valence-electron chi connectivity index (χ2n) is 8.63. The SMILES string of the molecule is CCN(C(=O)NC1=CC=C(OC(F)(F)F)C=CC1)C1Cc2ccc(SC(C)(C)C(=O)N=O)cc2C1. The molecule has 0 saturated heterocycles. The summed E-state index contributed by atoms with van der Waals surface area (Å²) in [6, 6.07) is 5.39. The van der Waals surface area contributed by atoms with Gasteiger partial charge in [0, 0.05) is 34.8 Å². The number of rotatable bonds is 7. The average Bonchev–Trinajstić information content (AvgIpc) is 3.06. The van der Waals surface area contributed by atoms with Crippen molar-refractivity contribution in [3.05, 3.63) is 70.0 Å². The molecule has 11 heteroatoms. The van der Waals surface area contributed by atoms with Gasteiger partial charge in [0.25, 0.3) is 0 Å². The highest BCUT2D eigenvalue weighted by Gasteiger charge is 2.33. The summed E-state index contributed by atoms with van der Waals surface area (Å²) >= 11 is 1.26. The summed E-state index contributed by atoms with van der Waals surface area (Å²) in [6.45, 7) is 5.59. The quantitative estimate of drug-likeness (QED) is 0.381. The van der Waals surface area contributed by atoms with Crippen LogP contribution in [0.1, 0.15) is 38.3 Å². The van der Waals surface area contributed by atoms with Crippen LogP contribution in [0.3, 0.4) is 0 Å². The zero-order valence-electron chi connectivity index (χ0n) is 19.5. The van der Waals surface area contributed by atoms with Gasteiger partial charge in [-0.25, -0.2) is 4.79 Å². The number of likely N-dealkylation sites (N-methyl/N-ethyl adjacent to an activating group) is 1. The van der Waals surface area contributed by atoms with Crippen LogP contribution in [-0.2, 0) is 22.4 Å². The number of benzene rings is 1. The summed E-state index contributed by atoms with van der Waals surface area (Å²) in [6.07, 6.45) is 2.00. The van der Waals surface area contributed by atoms with Crippen LogP contribution in [0.2, 0.25) is 0 Å². The highest BCUT2D eigenvalue weighted by Crippen LogP contribution is 2.36. The van der Waals surface area contributed by atoms with Crippen molar-refractivity contribution >= 4 is 23.7 Å². The lowest BCUT2D eigenvalue weighted by atomic mass is 10.1. The number of urea groups is 1. The van der Waals surface area contributed by atoms with Gasteiger partial charge in [-0.15, -0.1) is 29.8 Å². The Morgan fingerprint density at radius 2 is 1.91 bits per heavy atom. The number of thioether (sulfide) groups is 1. The van der Waals surface area contributed by atoms with Crippen LogP contribution >= 0.6 is 11.8 Å². The summed E-state index contributed by atoms with van der Waals surface area (Å²) in [5.41, 5.74) is 2.61. The molecule has 0 heterocycles. The van der Waals surface area contributed by atoms with E-state index in [0.717, 1.165) is 16.0 Å². The Morgan fingerprint density at radius 1 is 1.20 bits per heavy atom. The van der Waals surface area contributed by atoms with E-state index in [4.69, 9.17) is 0 Å². The van der Waals surface area contributed by atoms with Crippen molar-refractivity contribution in [1.82, 2.24) is 10.2 Å².